The number of nitrogens with one attached hydrogen (secondary N) is 2. The predicted octanol–water partition coefficient (Wildman–Crippen LogP) is 14.3. The third kappa shape index (κ3) is 15.2. The van der Waals surface area contributed by atoms with E-state index in [1.54, 1.807) is 91.9 Å². The topological polar surface area (TPSA) is 249 Å². The number of nitrogens with zero attached hydrogens (tertiary/aromatic N) is 4. The van der Waals surface area contributed by atoms with E-state index in [9.17, 15) is 84.9 Å². The van der Waals surface area contributed by atoms with Crippen LogP contribution in [0.1, 0.15) is 123 Å². The van der Waals surface area contributed by atoms with Crippen LogP contribution in [0.25, 0.3) is 11.1 Å². The maximum absolute atomic E-state index is 14.7. The Morgan fingerprint density at radius 1 is 0.765 bits per heavy atom. The number of hydrogen-bond donors (Lipinski definition) is 4. The van der Waals surface area contributed by atoms with Crippen LogP contribution < -0.4 is 10.6 Å². The highest BCUT2D eigenvalue weighted by atomic mass is 35.5. The van der Waals surface area contributed by atoms with Crippen molar-refractivity contribution in [1.29, 1.82) is 0 Å². The minimum absolute atomic E-state index is 0.0496. The molecular weight excluding hydrogens is 1400 g/mol. The summed E-state index contributed by atoms with van der Waals surface area (Å²) in [6.45, 7) is 4.77. The lowest BCUT2D eigenvalue weighted by molar-refractivity contribution is -0.954. The van der Waals surface area contributed by atoms with Gasteiger partial charge in [0.1, 0.15) is 30.5 Å². The van der Waals surface area contributed by atoms with E-state index in [0.29, 0.717) is 79.6 Å². The van der Waals surface area contributed by atoms with E-state index in [0.717, 1.165) is 12.0 Å². The number of hydroxylamine groups is 5. The molecule has 6 fully saturated rings. The van der Waals surface area contributed by atoms with Crippen molar-refractivity contribution in [2.24, 2.45) is 29.6 Å². The van der Waals surface area contributed by atoms with E-state index in [-0.39, 0.29) is 97.4 Å². The average Bonchev–Trinajstić information content (AvgIpc) is 1.48. The molecule has 28 heteroatoms. The number of benzene rings is 5. The molecule has 11 atom stereocenters. The lowest BCUT2D eigenvalue weighted by Gasteiger charge is -2.61. The van der Waals surface area contributed by atoms with E-state index in [1.165, 1.54) is 18.2 Å². The number of alkyl halides is 6. The van der Waals surface area contributed by atoms with Gasteiger partial charge in [0, 0.05) is 28.6 Å². The number of amides is 6. The van der Waals surface area contributed by atoms with Gasteiger partial charge in [0.05, 0.1) is 29.4 Å². The first-order valence-electron chi connectivity index (χ1n) is 33.7. The maximum atomic E-state index is 14.7. The lowest BCUT2D eigenvalue weighted by atomic mass is 9.75. The fourth-order valence-electron chi connectivity index (χ4n) is 15.9. The fraction of sp³-hybridized carbons (Fsp3) is 0.446. The molecule has 0 radical (unpaired) electrons. The van der Waals surface area contributed by atoms with Crippen molar-refractivity contribution in [1.82, 2.24) is 25.5 Å². The summed E-state index contributed by atoms with van der Waals surface area (Å²) in [5.41, 5.74) is 3.02. The van der Waals surface area contributed by atoms with Gasteiger partial charge in [-0.3, -0.25) is 14.4 Å². The normalized spacial score (nSPS) is 25.8. The molecule has 0 bridgehead atoms. The number of hydrogen-bond acceptors (Lipinski definition) is 11. The molecule has 3 saturated carbocycles. The van der Waals surface area contributed by atoms with Gasteiger partial charge in [0.25, 0.3) is 0 Å². The highest BCUT2D eigenvalue weighted by Crippen LogP contribution is 2.57. The molecule has 3 aliphatic carbocycles. The number of ether oxygens (including phenoxy) is 1. The number of carboxylic acid groups (broad SMARTS) is 2. The fourth-order valence-corrected chi connectivity index (χ4v) is 16.7. The number of ketones is 1. The molecule has 3 unspecified atom stereocenters. The molecule has 3 saturated heterocycles. The van der Waals surface area contributed by atoms with E-state index in [1.807, 2.05) is 11.4 Å². The summed E-state index contributed by atoms with van der Waals surface area (Å²) in [6, 6.07) is 18.0. The Morgan fingerprint density at radius 2 is 1.41 bits per heavy atom. The molecule has 4 N–H and O–H groups in total. The number of β-lactam (4-membered cyclic amide) rings is 2. The summed E-state index contributed by atoms with van der Waals surface area (Å²) < 4.78 is 106. The van der Waals surface area contributed by atoms with Crippen LogP contribution in [0.15, 0.2) is 121 Å². The Labute approximate surface area is 598 Å². The molecule has 6 aliphatic rings. The second kappa shape index (κ2) is 30.4. The van der Waals surface area contributed by atoms with Crippen LogP contribution in [0.2, 0.25) is 15.1 Å². The van der Waals surface area contributed by atoms with Gasteiger partial charge in [-0.1, -0.05) is 163 Å². The summed E-state index contributed by atoms with van der Waals surface area (Å²) in [4.78, 5) is 93.2. The molecular formula is C74H73Cl3F7N6O12-. The average molecular weight is 1480 g/mol. The lowest BCUT2D eigenvalue weighted by Crippen LogP contribution is -2.72. The molecule has 18 nitrogen and oxygen atoms in total. The number of rotatable bonds is 23. The molecule has 0 aromatic heterocycles. The highest BCUT2D eigenvalue weighted by Gasteiger charge is 2.84. The molecule has 3 heterocycles. The maximum Gasteiger partial charge on any atom is 0.408 e. The number of urea groups is 2. The first-order valence-corrected chi connectivity index (χ1v) is 34.9. The van der Waals surface area contributed by atoms with Crippen molar-refractivity contribution in [2.45, 2.75) is 157 Å². The Kier molecular flexibility index (Phi) is 22.4. The van der Waals surface area contributed by atoms with Crippen LogP contribution in [0.5, 0.6) is 0 Å². The first-order chi connectivity index (χ1) is 48.4. The SMILES string of the molecule is C=C(Cc1ccc(C2CCC([C@H](NC(=O)N3C(=O)[C@H](C#CCc4cccc(Cl)c4F)[C@H]3C(=O)O)C(F)(F)F)CC2)c(Cl)c1)[C@H]1C[N+]([O-])(CN([O-])C(c2ccccc2)c2ccc(-c3cc(Cl)cc(CCC[C@H]4C(=O)N(C(=O)N[C@@H](C5CCCCC5)C(F)(F)F)[C@@]45C(=O)C5OCC)c3)cc2)[C@@H]1C(=O)O. The van der Waals surface area contributed by atoms with Crippen molar-refractivity contribution < 1.29 is 83.9 Å². The van der Waals surface area contributed by atoms with E-state index < -0.39 is 143 Å². The summed E-state index contributed by atoms with van der Waals surface area (Å²) in [5, 5.41) is 54.6. The van der Waals surface area contributed by atoms with Crippen LogP contribution >= 0.6 is 34.8 Å². The molecule has 5 aromatic carbocycles. The Balaban J connectivity index is 0.690. The van der Waals surface area contributed by atoms with Gasteiger partial charge in [0.15, 0.2) is 29.5 Å². The zero-order chi connectivity index (χ0) is 73.5. The second-order valence-electron chi connectivity index (χ2n) is 27.3. The zero-order valence-electron chi connectivity index (χ0n) is 55.1. The molecule has 542 valence electrons. The third-order valence-corrected chi connectivity index (χ3v) is 21.9. The van der Waals surface area contributed by atoms with Gasteiger partial charge in [-0.25, -0.2) is 33.4 Å². The quantitative estimate of drug-likeness (QED) is 0.00905. The summed E-state index contributed by atoms with van der Waals surface area (Å²) in [6.07, 6.45) is -7.58. The van der Waals surface area contributed by atoms with Gasteiger partial charge in [-0.05, 0) is 152 Å². The van der Waals surface area contributed by atoms with E-state index in [4.69, 9.17) is 39.5 Å². The van der Waals surface area contributed by atoms with Crippen molar-refractivity contribution >= 4 is 76.4 Å². The molecule has 5 aromatic rings. The number of carboxylic acids is 2. The molecule has 102 heavy (non-hydrogen) atoms. The highest BCUT2D eigenvalue weighted by molar-refractivity contribution is 6.32. The van der Waals surface area contributed by atoms with Gasteiger partial charge < -0.3 is 45.7 Å². The summed E-state index contributed by atoms with van der Waals surface area (Å²) >= 11 is 19.3. The number of Topliss-reactive ketones (excluding diaryl/α,β-unsaturated/α-hetero) is 1. The van der Waals surface area contributed by atoms with Gasteiger partial charge in [0.2, 0.25) is 11.8 Å². The van der Waals surface area contributed by atoms with Crippen molar-refractivity contribution in [3.63, 3.8) is 0 Å². The van der Waals surface area contributed by atoms with Gasteiger partial charge in [-0.2, -0.15) is 26.3 Å². The minimum atomic E-state index is -5.00. The smallest absolute Gasteiger partial charge is 0.408 e. The van der Waals surface area contributed by atoms with Crippen LogP contribution in [-0.4, -0.2) is 139 Å². The third-order valence-electron chi connectivity index (χ3n) is 21.0. The molecule has 6 amide bonds. The summed E-state index contributed by atoms with van der Waals surface area (Å²) in [5.74, 6) is -7.25. The number of halogens is 10. The standard InChI is InChI=1S/C74H73Cl3F7N6O12/c1-3-102-65-64(91)72(65)55(67(93)89(72)71(99)86-62(73(79,80)81)48-16-8-5-9-17-48)21-10-13-41-34-50(37-51(75)35-41)43-24-28-47(29-25-43)59(46-14-6-4-7-15-46)87(100)39-90(101)38-54(61(90)69(96)97)40(2)33-42-23-32-52(57(77)36-42)44-26-30-49(31-27-44)63(74(82,83)84)85-70(98)88-60(68(94)95)53(66(88)92)20-11-18-45-19-12-22-56(76)58(45)78/h4,6-7,12,14-15,19,22-25,28-29,32,34-37,44,48-49,53-55,59-63,65H,2-3,5,8-10,13,16-18,21,26-27,30-31,33,38-39H2,1H3,(H,85,98)(H,86,99)(H,94,95)(H,96,97)/q-1/t44?,49?,53-,54-,55+,59?,60+,61+,62+,63+,65?,72-,90?/m1/s1. The second-order valence-corrected chi connectivity index (χ2v) is 28.6. The number of aryl methyl sites for hydroxylation is 1. The Hall–Kier alpha value is -7.93. The van der Waals surface area contributed by atoms with Crippen molar-refractivity contribution in [3.05, 3.63) is 186 Å². The largest absolute Gasteiger partial charge is 0.781 e. The predicted molar refractivity (Wildman–Crippen MR) is 362 cm³/mol. The number of carbonyl (C=O) groups excluding carboxylic acids is 5. The molecule has 3 aliphatic heterocycles. The number of quaternary nitrogens is 1. The van der Waals surface area contributed by atoms with E-state index >= 15 is 0 Å². The molecule has 1 spiro atoms. The minimum Gasteiger partial charge on any atom is -0.781 e. The summed E-state index contributed by atoms with van der Waals surface area (Å²) in [7, 11) is 0. The number of carbonyl (C=O) groups is 7. The van der Waals surface area contributed by atoms with Crippen molar-refractivity contribution in [3.8, 4) is 23.0 Å². The Morgan fingerprint density at radius 3 is 2.04 bits per heavy atom. The van der Waals surface area contributed by atoms with Crippen molar-refractivity contribution in [2.75, 3.05) is 19.8 Å². The number of likely N-dealkylation sites (tertiary alicyclic amines) is 3. The zero-order valence-corrected chi connectivity index (χ0v) is 57.4. The first kappa shape index (κ1) is 75.2. The van der Waals surface area contributed by atoms with E-state index in [2.05, 4.69) is 23.7 Å². The van der Waals surface area contributed by atoms with Crippen LogP contribution in [0, 0.1) is 57.7 Å². The Bertz CT molecular complexity index is 4130. The van der Waals surface area contributed by atoms with Gasteiger partial charge >= 0.3 is 36.4 Å². The number of imide groups is 2. The van der Waals surface area contributed by atoms with Crippen LogP contribution in [-0.2, 0) is 48.0 Å². The van der Waals surface area contributed by atoms with Crippen LogP contribution in [0.3, 0.4) is 0 Å². The van der Waals surface area contributed by atoms with Gasteiger partial charge in [-0.15, -0.1) is 0 Å². The number of aliphatic carboxylic acids is 2. The monoisotopic (exact) mass is 1480 g/mol. The van der Waals surface area contributed by atoms with Crippen LogP contribution in [0.4, 0.5) is 40.3 Å². The molecule has 11 rings (SSSR count).